The SMILES string of the molecule is CCOC(=O)C(C)N1CCC(=O)C(CC)C1. The molecule has 2 unspecified atom stereocenters. The number of esters is 1. The van der Waals surface area contributed by atoms with Crippen LogP contribution in [0.2, 0.25) is 0 Å². The molecular formula is C12H21NO3. The number of hydrogen-bond acceptors (Lipinski definition) is 4. The Morgan fingerprint density at radius 1 is 1.56 bits per heavy atom. The van der Waals surface area contributed by atoms with Crippen molar-refractivity contribution in [3.05, 3.63) is 0 Å². The number of Topliss-reactive ketones (excluding diaryl/α,β-unsaturated/α-hetero) is 1. The Bertz CT molecular complexity index is 265. The largest absolute Gasteiger partial charge is 0.465 e. The van der Waals surface area contributed by atoms with Crippen LogP contribution in [0.1, 0.15) is 33.6 Å². The van der Waals surface area contributed by atoms with Crippen LogP contribution in [0.4, 0.5) is 0 Å². The lowest BCUT2D eigenvalue weighted by Gasteiger charge is -2.34. The molecule has 1 rings (SSSR count). The van der Waals surface area contributed by atoms with Gasteiger partial charge in [-0.05, 0) is 20.3 Å². The number of ether oxygens (including phenoxy) is 1. The van der Waals surface area contributed by atoms with E-state index in [0.717, 1.165) is 6.42 Å². The molecule has 1 fully saturated rings. The van der Waals surface area contributed by atoms with Gasteiger partial charge in [-0.1, -0.05) is 6.92 Å². The van der Waals surface area contributed by atoms with E-state index in [-0.39, 0.29) is 17.9 Å². The van der Waals surface area contributed by atoms with Crippen molar-refractivity contribution >= 4 is 11.8 Å². The van der Waals surface area contributed by atoms with Gasteiger partial charge >= 0.3 is 5.97 Å². The van der Waals surface area contributed by atoms with Crippen LogP contribution in [0.3, 0.4) is 0 Å². The maximum Gasteiger partial charge on any atom is 0.323 e. The summed E-state index contributed by atoms with van der Waals surface area (Å²) in [7, 11) is 0. The highest BCUT2D eigenvalue weighted by atomic mass is 16.5. The van der Waals surface area contributed by atoms with Crippen molar-refractivity contribution in [1.82, 2.24) is 4.90 Å². The van der Waals surface area contributed by atoms with E-state index in [1.165, 1.54) is 0 Å². The van der Waals surface area contributed by atoms with Gasteiger partial charge < -0.3 is 4.74 Å². The number of hydrogen-bond donors (Lipinski definition) is 0. The van der Waals surface area contributed by atoms with Crippen LogP contribution in [0, 0.1) is 5.92 Å². The minimum Gasteiger partial charge on any atom is -0.465 e. The van der Waals surface area contributed by atoms with Gasteiger partial charge in [0.2, 0.25) is 0 Å². The fourth-order valence-electron chi connectivity index (χ4n) is 2.05. The summed E-state index contributed by atoms with van der Waals surface area (Å²) < 4.78 is 4.99. The molecule has 0 spiro atoms. The first-order valence-corrected chi connectivity index (χ1v) is 6.03. The lowest BCUT2D eigenvalue weighted by Crippen LogP contribution is -2.48. The minimum atomic E-state index is -0.234. The van der Waals surface area contributed by atoms with Crippen LogP contribution in [-0.2, 0) is 14.3 Å². The van der Waals surface area contributed by atoms with Crippen LogP contribution in [-0.4, -0.2) is 42.4 Å². The lowest BCUT2D eigenvalue weighted by molar-refractivity contribution is -0.150. The number of nitrogens with zero attached hydrogens (tertiary/aromatic N) is 1. The normalized spacial score (nSPS) is 24.2. The first-order chi connectivity index (χ1) is 7.60. The second-order valence-electron chi connectivity index (χ2n) is 4.24. The number of rotatable bonds is 4. The molecule has 4 heteroatoms. The molecule has 0 N–H and O–H groups in total. The molecule has 92 valence electrons. The van der Waals surface area contributed by atoms with Gasteiger partial charge in [0, 0.05) is 25.4 Å². The molecule has 4 nitrogen and oxygen atoms in total. The summed E-state index contributed by atoms with van der Waals surface area (Å²) in [6.07, 6.45) is 1.41. The topological polar surface area (TPSA) is 46.6 Å². The van der Waals surface area contributed by atoms with Gasteiger partial charge in [-0.25, -0.2) is 0 Å². The van der Waals surface area contributed by atoms with E-state index in [9.17, 15) is 9.59 Å². The van der Waals surface area contributed by atoms with Gasteiger partial charge in [0.15, 0.2) is 0 Å². The molecule has 1 aliphatic rings. The Balaban J connectivity index is 2.54. The zero-order valence-corrected chi connectivity index (χ0v) is 10.4. The van der Waals surface area contributed by atoms with Gasteiger partial charge in [-0.3, -0.25) is 14.5 Å². The predicted octanol–water partition coefficient (Wildman–Crippen LogP) is 1.24. The molecule has 1 saturated heterocycles. The van der Waals surface area contributed by atoms with E-state index in [2.05, 4.69) is 0 Å². The number of likely N-dealkylation sites (tertiary alicyclic amines) is 1. The van der Waals surface area contributed by atoms with Crippen LogP contribution >= 0.6 is 0 Å². The third-order valence-electron chi connectivity index (χ3n) is 3.22. The van der Waals surface area contributed by atoms with E-state index in [4.69, 9.17) is 4.74 Å². The van der Waals surface area contributed by atoms with Crippen molar-refractivity contribution in [3.8, 4) is 0 Å². The Morgan fingerprint density at radius 2 is 2.25 bits per heavy atom. The van der Waals surface area contributed by atoms with E-state index in [1.54, 1.807) is 6.92 Å². The second kappa shape index (κ2) is 5.99. The standard InChI is InChI=1S/C12H21NO3/c1-4-10-8-13(7-6-11(10)14)9(3)12(15)16-5-2/h9-10H,4-8H2,1-3H3. The summed E-state index contributed by atoms with van der Waals surface area (Å²) in [5, 5.41) is 0. The average Bonchev–Trinajstić information content (AvgIpc) is 2.29. The average molecular weight is 227 g/mol. The minimum absolute atomic E-state index is 0.0885. The molecule has 0 radical (unpaired) electrons. The smallest absolute Gasteiger partial charge is 0.323 e. The van der Waals surface area contributed by atoms with Gasteiger partial charge in [-0.15, -0.1) is 0 Å². The van der Waals surface area contributed by atoms with Crippen molar-refractivity contribution in [3.63, 3.8) is 0 Å². The van der Waals surface area contributed by atoms with Crippen LogP contribution in [0.25, 0.3) is 0 Å². The molecule has 1 heterocycles. The van der Waals surface area contributed by atoms with Gasteiger partial charge in [0.1, 0.15) is 11.8 Å². The Hall–Kier alpha value is -0.900. The highest BCUT2D eigenvalue weighted by Crippen LogP contribution is 2.18. The zero-order chi connectivity index (χ0) is 12.1. The second-order valence-corrected chi connectivity index (χ2v) is 4.24. The zero-order valence-electron chi connectivity index (χ0n) is 10.4. The van der Waals surface area contributed by atoms with Gasteiger partial charge in [0.25, 0.3) is 0 Å². The summed E-state index contributed by atoms with van der Waals surface area (Å²) in [5.41, 5.74) is 0. The Kier molecular flexibility index (Phi) is 4.93. The number of carbonyl (C=O) groups is 2. The molecular weight excluding hydrogens is 206 g/mol. The number of piperidine rings is 1. The van der Waals surface area contributed by atoms with Crippen molar-refractivity contribution < 1.29 is 14.3 Å². The fourth-order valence-corrected chi connectivity index (χ4v) is 2.05. The summed E-state index contributed by atoms with van der Waals surface area (Å²) in [4.78, 5) is 25.2. The van der Waals surface area contributed by atoms with Crippen LogP contribution < -0.4 is 0 Å². The summed E-state index contributed by atoms with van der Waals surface area (Å²) in [6.45, 7) is 7.44. The maximum absolute atomic E-state index is 11.6. The number of carbonyl (C=O) groups excluding carboxylic acids is 2. The quantitative estimate of drug-likeness (QED) is 0.678. The Labute approximate surface area is 96.9 Å². The molecule has 16 heavy (non-hydrogen) atoms. The van der Waals surface area contributed by atoms with E-state index >= 15 is 0 Å². The van der Waals surface area contributed by atoms with E-state index < -0.39 is 0 Å². The number of ketones is 1. The molecule has 0 aromatic rings. The van der Waals surface area contributed by atoms with Gasteiger partial charge in [-0.2, -0.15) is 0 Å². The highest BCUT2D eigenvalue weighted by Gasteiger charge is 2.31. The Morgan fingerprint density at radius 3 is 2.81 bits per heavy atom. The van der Waals surface area contributed by atoms with Crippen LogP contribution in [0.5, 0.6) is 0 Å². The molecule has 0 aliphatic carbocycles. The fraction of sp³-hybridized carbons (Fsp3) is 0.833. The highest BCUT2D eigenvalue weighted by molar-refractivity contribution is 5.82. The monoisotopic (exact) mass is 227 g/mol. The van der Waals surface area contributed by atoms with Crippen molar-refractivity contribution in [1.29, 1.82) is 0 Å². The van der Waals surface area contributed by atoms with Crippen LogP contribution in [0.15, 0.2) is 0 Å². The van der Waals surface area contributed by atoms with Crippen molar-refractivity contribution in [2.24, 2.45) is 5.92 Å². The predicted molar refractivity (Wildman–Crippen MR) is 61.1 cm³/mol. The third kappa shape index (κ3) is 3.04. The summed E-state index contributed by atoms with van der Waals surface area (Å²) >= 11 is 0. The van der Waals surface area contributed by atoms with E-state index in [1.807, 2.05) is 18.7 Å². The lowest BCUT2D eigenvalue weighted by atomic mass is 9.93. The molecule has 0 saturated carbocycles. The first-order valence-electron chi connectivity index (χ1n) is 6.03. The molecule has 0 aromatic heterocycles. The maximum atomic E-state index is 11.6. The molecule has 1 aliphatic heterocycles. The van der Waals surface area contributed by atoms with Crippen molar-refractivity contribution in [2.45, 2.75) is 39.7 Å². The third-order valence-corrected chi connectivity index (χ3v) is 3.22. The van der Waals surface area contributed by atoms with E-state index in [0.29, 0.717) is 31.9 Å². The molecule has 0 amide bonds. The summed E-state index contributed by atoms with van der Waals surface area (Å²) in [5.74, 6) is 0.229. The molecule has 0 bridgehead atoms. The molecule has 2 atom stereocenters. The van der Waals surface area contributed by atoms with Crippen molar-refractivity contribution in [2.75, 3.05) is 19.7 Å². The summed E-state index contributed by atoms with van der Waals surface area (Å²) in [6, 6.07) is -0.234. The first kappa shape index (κ1) is 13.2. The van der Waals surface area contributed by atoms with Gasteiger partial charge in [0.05, 0.1) is 6.61 Å². The molecule has 0 aromatic carbocycles.